The summed E-state index contributed by atoms with van der Waals surface area (Å²) in [7, 11) is 0. The predicted molar refractivity (Wildman–Crippen MR) is 203 cm³/mol. The van der Waals surface area contributed by atoms with Crippen LogP contribution in [0.1, 0.15) is 187 Å². The van der Waals surface area contributed by atoms with E-state index in [0.29, 0.717) is 12.8 Å². The van der Waals surface area contributed by atoms with Gasteiger partial charge in [-0.3, -0.25) is 4.79 Å². The van der Waals surface area contributed by atoms with Crippen LogP contribution in [-0.2, 0) is 14.3 Å². The Bertz CT molecular complexity index is 797. The molecule has 1 saturated heterocycles. The molecule has 0 aromatic rings. The Balaban J connectivity index is 2.39. The molecule has 1 fully saturated rings. The van der Waals surface area contributed by atoms with Gasteiger partial charge in [0.25, 0.3) is 0 Å². The fourth-order valence-electron chi connectivity index (χ4n) is 6.68. The Kier molecular flexibility index (Phi) is 30.6. The maximum atomic E-state index is 12.9. The number of hydrogen-bond donors (Lipinski definition) is 6. The van der Waals surface area contributed by atoms with Crippen LogP contribution in [0.25, 0.3) is 0 Å². The van der Waals surface area contributed by atoms with Gasteiger partial charge in [0.15, 0.2) is 6.29 Å². The molecule has 0 spiro atoms. The van der Waals surface area contributed by atoms with Crippen LogP contribution in [0, 0.1) is 0 Å². The van der Waals surface area contributed by atoms with Gasteiger partial charge in [-0.15, -0.1) is 0 Å². The molecule has 0 aliphatic carbocycles. The first-order chi connectivity index (χ1) is 24.3. The molecule has 2 unspecified atom stereocenters. The number of ether oxygens (including phenoxy) is 2. The Morgan fingerprint density at radius 2 is 1.12 bits per heavy atom. The zero-order chi connectivity index (χ0) is 36.7. The number of allylic oxidation sites excluding steroid dienone is 2. The molecular weight excluding hydrogens is 634 g/mol. The smallest absolute Gasteiger partial charge is 0.220 e. The van der Waals surface area contributed by atoms with Crippen molar-refractivity contribution >= 4 is 5.91 Å². The van der Waals surface area contributed by atoms with Gasteiger partial charge in [0.2, 0.25) is 5.91 Å². The maximum Gasteiger partial charge on any atom is 0.220 e. The van der Waals surface area contributed by atoms with E-state index in [9.17, 15) is 30.3 Å². The summed E-state index contributed by atoms with van der Waals surface area (Å²) in [5.41, 5.74) is 0. The summed E-state index contributed by atoms with van der Waals surface area (Å²) >= 11 is 0. The second kappa shape index (κ2) is 32.6. The Hall–Kier alpha value is -1.07. The first-order valence-corrected chi connectivity index (χ1v) is 20.9. The lowest BCUT2D eigenvalue weighted by Gasteiger charge is -2.40. The SMILES string of the molecule is CCCCCCC/C=C/CCCCCCCC(=O)N[C@@H](CO[C@H]1O[C@@H](CO)[C@H](O)C(O)C1O)[C@H](O)CCCCCCCCCCCCCCC. The molecule has 296 valence electrons. The molecule has 1 aliphatic heterocycles. The highest BCUT2D eigenvalue weighted by Crippen LogP contribution is 2.23. The molecule has 1 heterocycles. The van der Waals surface area contributed by atoms with Crippen molar-refractivity contribution in [2.24, 2.45) is 0 Å². The molecule has 9 heteroatoms. The van der Waals surface area contributed by atoms with E-state index in [1.807, 2.05) is 0 Å². The zero-order valence-corrected chi connectivity index (χ0v) is 32.2. The van der Waals surface area contributed by atoms with Crippen LogP contribution in [0.5, 0.6) is 0 Å². The van der Waals surface area contributed by atoms with Crippen molar-refractivity contribution in [1.29, 1.82) is 0 Å². The van der Waals surface area contributed by atoms with Crippen molar-refractivity contribution < 1.29 is 39.8 Å². The lowest BCUT2D eigenvalue weighted by molar-refractivity contribution is -0.302. The molecule has 1 amide bonds. The van der Waals surface area contributed by atoms with E-state index in [1.165, 1.54) is 109 Å². The number of carbonyl (C=O) groups excluding carboxylic acids is 1. The highest BCUT2D eigenvalue weighted by atomic mass is 16.7. The van der Waals surface area contributed by atoms with Crippen molar-refractivity contribution in [2.45, 2.75) is 230 Å². The van der Waals surface area contributed by atoms with E-state index in [4.69, 9.17) is 9.47 Å². The van der Waals surface area contributed by atoms with Gasteiger partial charge in [-0.2, -0.15) is 0 Å². The quantitative estimate of drug-likeness (QED) is 0.0293. The molecule has 1 aliphatic rings. The molecule has 0 aromatic carbocycles. The third-order valence-corrected chi connectivity index (χ3v) is 10.1. The lowest BCUT2D eigenvalue weighted by atomic mass is 9.99. The van der Waals surface area contributed by atoms with E-state index in [2.05, 4.69) is 31.3 Å². The van der Waals surface area contributed by atoms with E-state index >= 15 is 0 Å². The number of hydrogen-bond acceptors (Lipinski definition) is 8. The molecule has 6 N–H and O–H groups in total. The lowest BCUT2D eigenvalue weighted by Crippen LogP contribution is -2.60. The van der Waals surface area contributed by atoms with E-state index < -0.39 is 49.5 Å². The zero-order valence-electron chi connectivity index (χ0n) is 32.2. The Morgan fingerprint density at radius 1 is 0.660 bits per heavy atom. The molecule has 0 radical (unpaired) electrons. The standard InChI is InChI=1S/C41H79NO8/c1-3-5-7-9-11-13-15-17-19-21-23-25-27-29-31-37(45)42-34(33-49-41-40(48)39(47)38(46)36(32-43)50-41)35(44)30-28-26-24-22-20-18-16-14-12-10-8-6-4-2/h15,17,34-36,38-41,43-44,46-48H,3-14,16,18-33H2,1-2H3,(H,42,45)/b17-15+/t34-,35+,36-,38-,39?,40?,41-/m0/s1. The number of unbranched alkanes of at least 4 members (excludes halogenated alkanes) is 22. The third-order valence-electron chi connectivity index (χ3n) is 10.1. The molecule has 1 rings (SSSR count). The highest BCUT2D eigenvalue weighted by Gasteiger charge is 2.44. The molecule has 0 aromatic heterocycles. The summed E-state index contributed by atoms with van der Waals surface area (Å²) in [6, 6.07) is -0.717. The normalized spacial score (nSPS) is 22.3. The Labute approximate surface area is 306 Å². The van der Waals surface area contributed by atoms with Crippen molar-refractivity contribution in [3.63, 3.8) is 0 Å². The second-order valence-electron chi connectivity index (χ2n) is 14.8. The second-order valence-corrected chi connectivity index (χ2v) is 14.8. The van der Waals surface area contributed by atoms with Gasteiger partial charge in [-0.05, 0) is 38.5 Å². The summed E-state index contributed by atoms with van der Waals surface area (Å²) < 4.78 is 11.2. The topological polar surface area (TPSA) is 149 Å². The van der Waals surface area contributed by atoms with E-state index in [-0.39, 0.29) is 12.5 Å². The van der Waals surface area contributed by atoms with Crippen LogP contribution < -0.4 is 5.32 Å². The van der Waals surface area contributed by atoms with Gasteiger partial charge in [0, 0.05) is 6.42 Å². The van der Waals surface area contributed by atoms with Gasteiger partial charge in [0.1, 0.15) is 24.4 Å². The minimum atomic E-state index is -1.55. The van der Waals surface area contributed by atoms with Crippen LogP contribution in [0.4, 0.5) is 0 Å². The monoisotopic (exact) mass is 714 g/mol. The number of rotatable bonds is 34. The number of carbonyl (C=O) groups is 1. The van der Waals surface area contributed by atoms with E-state index in [1.54, 1.807) is 0 Å². The van der Waals surface area contributed by atoms with Gasteiger partial charge in [-0.1, -0.05) is 154 Å². The summed E-state index contributed by atoms with van der Waals surface area (Å²) in [6.45, 7) is 3.80. The predicted octanol–water partition coefficient (Wildman–Crippen LogP) is 7.78. The van der Waals surface area contributed by atoms with Crippen LogP contribution in [-0.4, -0.2) is 87.5 Å². The largest absolute Gasteiger partial charge is 0.394 e. The summed E-state index contributed by atoms with van der Waals surface area (Å²) in [5, 5.41) is 54.1. The molecule has 9 nitrogen and oxygen atoms in total. The maximum absolute atomic E-state index is 12.9. The van der Waals surface area contributed by atoms with Crippen LogP contribution >= 0.6 is 0 Å². The molecule has 7 atom stereocenters. The average molecular weight is 714 g/mol. The first-order valence-electron chi connectivity index (χ1n) is 20.9. The van der Waals surface area contributed by atoms with Crippen LogP contribution in [0.2, 0.25) is 0 Å². The number of aliphatic hydroxyl groups is 5. The third kappa shape index (κ3) is 23.5. The van der Waals surface area contributed by atoms with Crippen LogP contribution in [0.3, 0.4) is 0 Å². The Morgan fingerprint density at radius 3 is 1.62 bits per heavy atom. The summed E-state index contributed by atoms with van der Waals surface area (Å²) in [4.78, 5) is 12.9. The van der Waals surface area contributed by atoms with Crippen LogP contribution in [0.15, 0.2) is 12.2 Å². The molecule has 50 heavy (non-hydrogen) atoms. The van der Waals surface area contributed by atoms with Gasteiger partial charge in [0.05, 0.1) is 25.4 Å². The van der Waals surface area contributed by atoms with Gasteiger partial charge >= 0.3 is 0 Å². The average Bonchev–Trinajstić information content (AvgIpc) is 3.11. The van der Waals surface area contributed by atoms with E-state index in [0.717, 1.165) is 51.4 Å². The number of amides is 1. The first kappa shape index (κ1) is 47.0. The van der Waals surface area contributed by atoms with Gasteiger partial charge < -0.3 is 40.3 Å². The van der Waals surface area contributed by atoms with Crippen molar-refractivity contribution in [2.75, 3.05) is 13.2 Å². The van der Waals surface area contributed by atoms with Crippen molar-refractivity contribution in [3.8, 4) is 0 Å². The molecule has 0 bridgehead atoms. The number of nitrogens with one attached hydrogen (secondary N) is 1. The fraction of sp³-hybridized carbons (Fsp3) is 0.927. The minimum absolute atomic E-state index is 0.139. The van der Waals surface area contributed by atoms with Gasteiger partial charge in [-0.25, -0.2) is 0 Å². The highest BCUT2D eigenvalue weighted by molar-refractivity contribution is 5.76. The molecule has 0 saturated carbocycles. The minimum Gasteiger partial charge on any atom is -0.394 e. The van der Waals surface area contributed by atoms with Crippen molar-refractivity contribution in [1.82, 2.24) is 5.32 Å². The molecular formula is C41H79NO8. The number of aliphatic hydroxyl groups excluding tert-OH is 5. The van der Waals surface area contributed by atoms with Crippen molar-refractivity contribution in [3.05, 3.63) is 12.2 Å². The fourth-order valence-corrected chi connectivity index (χ4v) is 6.68. The summed E-state index contributed by atoms with van der Waals surface area (Å²) in [5.74, 6) is -0.154. The summed E-state index contributed by atoms with van der Waals surface area (Å²) in [6.07, 6.45) is 27.8.